The van der Waals surface area contributed by atoms with Gasteiger partial charge in [-0.3, -0.25) is 0 Å². The third-order valence-electron chi connectivity index (χ3n) is 6.57. The standard InChI is InChI=1S/C19H28O3/c1-15(2,3)17-11-13-12-9-7-8-10-14(17)18(12,20)22-19(13,21-17)16(4,5)6/h7-10,12-14,20H,11H2,1-6H3/t12-,13+,14+,17-,18+,19+/m1/s1. The number of rotatable bonds is 0. The van der Waals surface area contributed by atoms with E-state index in [-0.39, 0.29) is 34.2 Å². The van der Waals surface area contributed by atoms with Crippen molar-refractivity contribution in [3.05, 3.63) is 24.3 Å². The lowest BCUT2D eigenvalue weighted by atomic mass is 9.56. The maximum Gasteiger partial charge on any atom is 0.184 e. The maximum absolute atomic E-state index is 11.5. The molecule has 3 heterocycles. The van der Waals surface area contributed by atoms with E-state index in [0.717, 1.165) is 6.42 Å². The van der Waals surface area contributed by atoms with Crippen LogP contribution in [-0.2, 0) is 9.47 Å². The molecular weight excluding hydrogens is 276 g/mol. The Labute approximate surface area is 133 Å². The molecule has 122 valence electrons. The minimum Gasteiger partial charge on any atom is -0.364 e. The molecule has 3 heteroatoms. The summed E-state index contributed by atoms with van der Waals surface area (Å²) in [6.07, 6.45) is 9.27. The molecule has 1 saturated carbocycles. The normalized spacial score (nSPS) is 52.4. The maximum atomic E-state index is 11.5. The van der Waals surface area contributed by atoms with Crippen LogP contribution in [0.2, 0.25) is 0 Å². The van der Waals surface area contributed by atoms with E-state index in [2.05, 4.69) is 59.8 Å². The van der Waals surface area contributed by atoms with Gasteiger partial charge in [0.05, 0.1) is 11.5 Å². The zero-order valence-electron chi connectivity index (χ0n) is 14.5. The number of hydrogen-bond acceptors (Lipinski definition) is 3. The van der Waals surface area contributed by atoms with Crippen LogP contribution in [0.25, 0.3) is 0 Å². The summed E-state index contributed by atoms with van der Waals surface area (Å²) in [4.78, 5) is 0. The van der Waals surface area contributed by atoms with Crippen molar-refractivity contribution < 1.29 is 14.6 Å². The lowest BCUT2D eigenvalue weighted by molar-refractivity contribution is -0.432. The summed E-state index contributed by atoms with van der Waals surface area (Å²) in [6, 6.07) is 0. The summed E-state index contributed by atoms with van der Waals surface area (Å²) in [5, 5.41) is 11.5. The molecule has 0 amide bonds. The van der Waals surface area contributed by atoms with E-state index in [1.165, 1.54) is 0 Å². The second-order valence-corrected chi connectivity index (χ2v) is 9.60. The first-order valence-electron chi connectivity index (χ1n) is 8.46. The molecule has 4 fully saturated rings. The molecule has 6 atom stereocenters. The molecule has 3 aliphatic heterocycles. The number of aliphatic hydroxyl groups is 1. The molecule has 3 saturated heterocycles. The first-order chi connectivity index (χ1) is 9.98. The van der Waals surface area contributed by atoms with Crippen molar-refractivity contribution in [1.82, 2.24) is 0 Å². The molecule has 1 N–H and O–H groups in total. The third-order valence-corrected chi connectivity index (χ3v) is 6.57. The van der Waals surface area contributed by atoms with E-state index in [9.17, 15) is 5.11 Å². The van der Waals surface area contributed by atoms with Gasteiger partial charge < -0.3 is 14.6 Å². The van der Waals surface area contributed by atoms with Crippen LogP contribution < -0.4 is 0 Å². The van der Waals surface area contributed by atoms with Gasteiger partial charge in [-0.25, -0.2) is 0 Å². The van der Waals surface area contributed by atoms with Crippen molar-refractivity contribution in [3.8, 4) is 0 Å². The van der Waals surface area contributed by atoms with Crippen molar-refractivity contribution in [2.45, 2.75) is 65.1 Å². The Kier molecular flexibility index (Phi) is 2.52. The summed E-state index contributed by atoms with van der Waals surface area (Å²) < 4.78 is 13.2. The highest BCUT2D eigenvalue weighted by Gasteiger charge is 2.83. The molecule has 5 rings (SSSR count). The minimum absolute atomic E-state index is 0.00435. The van der Waals surface area contributed by atoms with Gasteiger partial charge in [0.15, 0.2) is 11.6 Å². The highest BCUT2D eigenvalue weighted by atomic mass is 16.8. The van der Waals surface area contributed by atoms with Gasteiger partial charge in [0, 0.05) is 17.3 Å². The van der Waals surface area contributed by atoms with E-state index >= 15 is 0 Å². The second kappa shape index (κ2) is 3.71. The topological polar surface area (TPSA) is 38.7 Å². The van der Waals surface area contributed by atoms with Gasteiger partial charge >= 0.3 is 0 Å². The van der Waals surface area contributed by atoms with Crippen LogP contribution in [-0.4, -0.2) is 22.3 Å². The Bertz CT molecular complexity index is 578. The summed E-state index contributed by atoms with van der Waals surface area (Å²) in [5.74, 6) is -1.78. The van der Waals surface area contributed by atoms with Crippen LogP contribution in [0, 0.1) is 28.6 Å². The first kappa shape index (κ1) is 14.9. The Morgan fingerprint density at radius 2 is 1.59 bits per heavy atom. The van der Waals surface area contributed by atoms with Crippen molar-refractivity contribution in [3.63, 3.8) is 0 Å². The SMILES string of the molecule is CC(C)(C)[C@@]12O[C@@]3(O)[C@@H]4C=CC=C[C@H]3[C@@](C(C)(C)C)(C[C@@H]41)O2. The largest absolute Gasteiger partial charge is 0.364 e. The summed E-state index contributed by atoms with van der Waals surface area (Å²) in [5.41, 5.74) is -0.633. The van der Waals surface area contributed by atoms with Gasteiger partial charge in [0.2, 0.25) is 0 Å². The van der Waals surface area contributed by atoms with Crippen molar-refractivity contribution in [1.29, 1.82) is 0 Å². The van der Waals surface area contributed by atoms with Gasteiger partial charge in [0.25, 0.3) is 0 Å². The van der Waals surface area contributed by atoms with Crippen LogP contribution in [0.15, 0.2) is 24.3 Å². The average molecular weight is 304 g/mol. The van der Waals surface area contributed by atoms with E-state index in [0.29, 0.717) is 0 Å². The predicted molar refractivity (Wildman–Crippen MR) is 84.9 cm³/mol. The van der Waals surface area contributed by atoms with Gasteiger partial charge in [-0.1, -0.05) is 65.8 Å². The molecule has 0 radical (unpaired) electrons. The predicted octanol–water partition coefficient (Wildman–Crippen LogP) is 3.64. The Balaban J connectivity index is 1.98. The summed E-state index contributed by atoms with van der Waals surface area (Å²) in [6.45, 7) is 13.1. The van der Waals surface area contributed by atoms with Crippen molar-refractivity contribution >= 4 is 0 Å². The molecule has 0 spiro atoms. The smallest absolute Gasteiger partial charge is 0.184 e. The van der Waals surface area contributed by atoms with Gasteiger partial charge in [-0.05, 0) is 11.8 Å². The fourth-order valence-electron chi connectivity index (χ4n) is 5.42. The van der Waals surface area contributed by atoms with Crippen LogP contribution in [0.5, 0.6) is 0 Å². The zero-order valence-corrected chi connectivity index (χ0v) is 14.5. The molecule has 5 aliphatic rings. The molecule has 0 aromatic carbocycles. The van der Waals surface area contributed by atoms with E-state index < -0.39 is 11.6 Å². The Morgan fingerprint density at radius 3 is 2.18 bits per heavy atom. The molecular formula is C19H28O3. The Morgan fingerprint density at radius 1 is 0.955 bits per heavy atom. The number of allylic oxidation sites excluding steroid dienone is 2. The Hall–Kier alpha value is -0.640. The summed E-state index contributed by atoms with van der Waals surface area (Å²) in [7, 11) is 0. The highest BCUT2D eigenvalue weighted by Crippen LogP contribution is 2.74. The molecule has 6 bridgehead atoms. The van der Waals surface area contributed by atoms with E-state index in [4.69, 9.17) is 9.47 Å². The fourth-order valence-corrected chi connectivity index (χ4v) is 5.42. The number of ether oxygens (including phenoxy) is 2. The minimum atomic E-state index is -1.15. The molecule has 3 nitrogen and oxygen atoms in total. The third kappa shape index (κ3) is 1.36. The molecule has 22 heavy (non-hydrogen) atoms. The van der Waals surface area contributed by atoms with E-state index in [1.807, 2.05) is 6.08 Å². The molecule has 0 aromatic heterocycles. The van der Waals surface area contributed by atoms with Crippen LogP contribution in [0.4, 0.5) is 0 Å². The molecule has 0 aromatic rings. The summed E-state index contributed by atoms with van der Waals surface area (Å²) >= 11 is 0. The average Bonchev–Trinajstić information content (AvgIpc) is 2.70. The van der Waals surface area contributed by atoms with Gasteiger partial charge in [-0.15, -0.1) is 0 Å². The number of hydrogen-bond donors (Lipinski definition) is 1. The first-order valence-corrected chi connectivity index (χ1v) is 8.46. The highest BCUT2D eigenvalue weighted by molar-refractivity contribution is 5.33. The monoisotopic (exact) mass is 304 g/mol. The van der Waals surface area contributed by atoms with Gasteiger partial charge in [0.1, 0.15) is 0 Å². The van der Waals surface area contributed by atoms with E-state index in [1.54, 1.807) is 0 Å². The quantitative estimate of drug-likeness (QED) is 0.742. The van der Waals surface area contributed by atoms with Crippen LogP contribution in [0.1, 0.15) is 48.0 Å². The van der Waals surface area contributed by atoms with Crippen LogP contribution in [0.3, 0.4) is 0 Å². The second-order valence-electron chi connectivity index (χ2n) is 9.60. The van der Waals surface area contributed by atoms with Crippen molar-refractivity contribution in [2.24, 2.45) is 28.6 Å². The fraction of sp³-hybridized carbons (Fsp3) is 0.789. The van der Waals surface area contributed by atoms with Crippen LogP contribution >= 0.6 is 0 Å². The van der Waals surface area contributed by atoms with Crippen molar-refractivity contribution in [2.75, 3.05) is 0 Å². The lowest BCUT2D eigenvalue weighted by Crippen LogP contribution is -2.66. The van der Waals surface area contributed by atoms with Gasteiger partial charge in [-0.2, -0.15) is 0 Å². The molecule has 0 unspecified atom stereocenters. The molecule has 2 aliphatic carbocycles. The lowest BCUT2D eigenvalue weighted by Gasteiger charge is -2.58. The zero-order chi connectivity index (χ0) is 16.2.